The van der Waals surface area contributed by atoms with Crippen molar-refractivity contribution in [1.29, 1.82) is 0 Å². The van der Waals surface area contributed by atoms with Crippen LogP contribution in [-0.4, -0.2) is 72.4 Å². The van der Waals surface area contributed by atoms with Crippen molar-refractivity contribution >= 4 is 49.8 Å². The normalized spacial score (nSPS) is 13.6. The molecule has 11 heteroatoms. The maximum Gasteiger partial charge on any atom is 0.267 e. The molecule has 2 atom stereocenters. The first kappa shape index (κ1) is 29.5. The van der Waals surface area contributed by atoms with Gasteiger partial charge in [-0.15, -0.1) is 11.8 Å². The lowest BCUT2D eigenvalue weighted by molar-refractivity contribution is -0.101. The van der Waals surface area contributed by atoms with Gasteiger partial charge in [-0.05, 0) is 35.7 Å². The molecule has 4 rings (SSSR count). The Bertz CT molecular complexity index is 1520. The number of carbonyl (C=O) groups excluding carboxylic acids is 1. The van der Waals surface area contributed by atoms with Crippen LogP contribution in [-0.2, 0) is 24.9 Å². The maximum absolute atomic E-state index is 13.7. The predicted molar refractivity (Wildman–Crippen MR) is 163 cm³/mol. The van der Waals surface area contributed by atoms with Gasteiger partial charge in [-0.1, -0.05) is 36.4 Å². The van der Waals surface area contributed by atoms with Gasteiger partial charge in [-0.2, -0.15) is 0 Å². The molecule has 0 aliphatic carbocycles. The molecule has 2 N–H and O–H groups in total. The zero-order chi connectivity index (χ0) is 28.7. The molecule has 0 bridgehead atoms. The number of ether oxygens (including phenoxy) is 3. The van der Waals surface area contributed by atoms with Crippen molar-refractivity contribution in [2.45, 2.75) is 22.3 Å². The van der Waals surface area contributed by atoms with E-state index in [1.54, 1.807) is 81.0 Å². The van der Waals surface area contributed by atoms with E-state index in [2.05, 4.69) is 33.3 Å². The molecule has 2 heterocycles. The second kappa shape index (κ2) is 13.2. The molecule has 2 unspecified atom stereocenters. The summed E-state index contributed by atoms with van der Waals surface area (Å²) >= 11 is 1.64. The number of carbonyl (C=O) groups is 1. The number of fused-ring (bicyclic) bond motifs is 1. The fraction of sp³-hybridized carbons (Fsp3) is 0.276. The lowest BCUT2D eigenvalue weighted by Crippen LogP contribution is -2.39. The highest BCUT2D eigenvalue weighted by molar-refractivity contribution is 8.01. The molecule has 0 aliphatic heterocycles. The van der Waals surface area contributed by atoms with Gasteiger partial charge in [0.05, 0.1) is 33.3 Å². The number of H-pyrrole nitrogens is 1. The Hall–Kier alpha value is -3.51. The monoisotopic (exact) mass is 582 g/mol. The molecule has 0 aliphatic rings. The minimum atomic E-state index is -2.97. The molecule has 1 amide bonds. The average Bonchev–Trinajstić information content (AvgIpc) is 3.43. The van der Waals surface area contributed by atoms with Crippen LogP contribution in [0.5, 0.6) is 5.75 Å². The summed E-state index contributed by atoms with van der Waals surface area (Å²) in [4.78, 5) is 20.7. The highest BCUT2D eigenvalue weighted by Gasteiger charge is 2.25. The minimum Gasteiger partial charge on any atom is -0.497 e. The van der Waals surface area contributed by atoms with E-state index in [4.69, 9.17) is 14.2 Å². The van der Waals surface area contributed by atoms with E-state index in [0.717, 1.165) is 11.1 Å². The standard InChI is InChI=1S/C29H34N4O5S2/c1-33(40(5,35)26-13-9-10-14-30-26)24-17-22(36-2)15-21-16-23(32-27(21)24)28(34)31-18-25(29(37-3)38-4)39-19-20-11-7-6-8-12-20/h6-17,25,29,32H,5,18-19H2,1-4H3,(H,31,34). The van der Waals surface area contributed by atoms with E-state index in [1.165, 1.54) is 5.56 Å². The zero-order valence-corrected chi connectivity index (χ0v) is 24.6. The van der Waals surface area contributed by atoms with Crippen LogP contribution in [0.25, 0.3) is 10.9 Å². The van der Waals surface area contributed by atoms with E-state index in [0.29, 0.717) is 34.2 Å². The third kappa shape index (κ3) is 6.61. The number of nitrogens with one attached hydrogen (secondary N) is 2. The number of nitrogens with zero attached hydrogens (tertiary/aromatic N) is 2. The van der Waals surface area contributed by atoms with Gasteiger partial charge in [0, 0.05) is 51.2 Å². The van der Waals surface area contributed by atoms with Gasteiger partial charge in [0.25, 0.3) is 5.91 Å². The van der Waals surface area contributed by atoms with Crippen LogP contribution in [0, 0.1) is 0 Å². The summed E-state index contributed by atoms with van der Waals surface area (Å²) in [6, 6.07) is 20.6. The zero-order valence-electron chi connectivity index (χ0n) is 23.0. The molecule has 4 aromatic rings. The topological polar surface area (TPSA) is 106 Å². The number of pyridine rings is 1. The molecule has 40 heavy (non-hydrogen) atoms. The first-order valence-corrected chi connectivity index (χ1v) is 15.2. The van der Waals surface area contributed by atoms with E-state index in [1.807, 2.05) is 24.3 Å². The van der Waals surface area contributed by atoms with Crippen LogP contribution in [0.3, 0.4) is 0 Å². The molecule has 0 spiro atoms. The highest BCUT2D eigenvalue weighted by Crippen LogP contribution is 2.34. The van der Waals surface area contributed by atoms with Gasteiger partial charge in [0.1, 0.15) is 16.5 Å². The lowest BCUT2D eigenvalue weighted by atomic mass is 10.2. The quantitative estimate of drug-likeness (QED) is 0.178. The minimum absolute atomic E-state index is 0.153. The average molecular weight is 583 g/mol. The Morgan fingerprint density at radius 1 is 1.10 bits per heavy atom. The Morgan fingerprint density at radius 2 is 1.82 bits per heavy atom. The molecule has 0 radical (unpaired) electrons. The first-order valence-electron chi connectivity index (χ1n) is 12.5. The number of hydrogen-bond donors (Lipinski definition) is 2. The Balaban J connectivity index is 1.57. The summed E-state index contributed by atoms with van der Waals surface area (Å²) in [7, 11) is 3.44. The van der Waals surface area contributed by atoms with Crippen molar-refractivity contribution in [2.75, 3.05) is 39.2 Å². The predicted octanol–water partition coefficient (Wildman–Crippen LogP) is 4.35. The third-order valence-corrected chi connectivity index (χ3v) is 9.74. The SMILES string of the molecule is C=S(=O)(c1ccccn1)N(C)c1cc(OC)cc2cc(C(=O)NCC(SCc3ccccc3)C(OC)OC)[nH]c12. The van der Waals surface area contributed by atoms with Gasteiger partial charge >= 0.3 is 0 Å². The van der Waals surface area contributed by atoms with Gasteiger partial charge < -0.3 is 24.5 Å². The van der Waals surface area contributed by atoms with Crippen molar-refractivity contribution in [3.05, 3.63) is 84.2 Å². The summed E-state index contributed by atoms with van der Waals surface area (Å²) < 4.78 is 31.8. The second-order valence-electron chi connectivity index (χ2n) is 8.98. The number of aromatic amines is 1. The van der Waals surface area contributed by atoms with Crippen LogP contribution in [0.1, 0.15) is 16.1 Å². The molecule has 0 saturated heterocycles. The molecule has 9 nitrogen and oxygen atoms in total. The van der Waals surface area contributed by atoms with Crippen molar-refractivity contribution < 1.29 is 23.2 Å². The van der Waals surface area contributed by atoms with E-state index in [-0.39, 0.29) is 11.2 Å². The van der Waals surface area contributed by atoms with Crippen molar-refractivity contribution in [3.63, 3.8) is 0 Å². The number of rotatable bonds is 13. The maximum atomic E-state index is 13.7. The largest absolute Gasteiger partial charge is 0.497 e. The van der Waals surface area contributed by atoms with Crippen LogP contribution in [0.2, 0.25) is 0 Å². The van der Waals surface area contributed by atoms with Crippen LogP contribution >= 0.6 is 11.8 Å². The van der Waals surface area contributed by atoms with E-state index >= 15 is 0 Å². The molecule has 0 fully saturated rings. The number of aromatic nitrogens is 2. The fourth-order valence-corrected chi connectivity index (χ4v) is 6.66. The number of thioether (sulfide) groups is 1. The van der Waals surface area contributed by atoms with Gasteiger partial charge in [0.2, 0.25) is 0 Å². The summed E-state index contributed by atoms with van der Waals surface area (Å²) in [5.74, 6) is 4.98. The number of amides is 1. The van der Waals surface area contributed by atoms with Gasteiger partial charge in [-0.25, -0.2) is 9.19 Å². The van der Waals surface area contributed by atoms with Gasteiger partial charge in [-0.3, -0.25) is 9.10 Å². The number of methoxy groups -OCH3 is 3. The Kier molecular flexibility index (Phi) is 9.75. The Labute approximate surface area is 239 Å². The van der Waals surface area contributed by atoms with E-state index < -0.39 is 16.0 Å². The summed E-state index contributed by atoms with van der Waals surface area (Å²) in [6.07, 6.45) is 1.08. The third-order valence-electron chi connectivity index (χ3n) is 6.45. The smallest absolute Gasteiger partial charge is 0.267 e. The molecular weight excluding hydrogens is 548 g/mol. The van der Waals surface area contributed by atoms with Crippen molar-refractivity contribution in [1.82, 2.24) is 15.3 Å². The highest BCUT2D eigenvalue weighted by atomic mass is 32.2. The summed E-state index contributed by atoms with van der Waals surface area (Å²) in [6.45, 7) is 0.320. The lowest BCUT2D eigenvalue weighted by Gasteiger charge is -2.25. The van der Waals surface area contributed by atoms with Crippen molar-refractivity contribution in [3.8, 4) is 5.75 Å². The first-order chi connectivity index (χ1) is 19.3. The summed E-state index contributed by atoms with van der Waals surface area (Å²) in [5, 5.41) is 3.93. The Morgan fingerprint density at radius 3 is 2.48 bits per heavy atom. The fourth-order valence-electron chi connectivity index (χ4n) is 4.22. The van der Waals surface area contributed by atoms with Crippen molar-refractivity contribution in [2.24, 2.45) is 0 Å². The molecule has 2 aromatic carbocycles. The number of hydrogen-bond acceptors (Lipinski definition) is 7. The molecule has 0 saturated carbocycles. The molecule has 2 aromatic heterocycles. The van der Waals surface area contributed by atoms with Crippen LogP contribution < -0.4 is 14.4 Å². The van der Waals surface area contributed by atoms with Crippen LogP contribution in [0.4, 0.5) is 5.69 Å². The number of benzene rings is 2. The van der Waals surface area contributed by atoms with Gasteiger partial charge in [0.15, 0.2) is 6.29 Å². The van der Waals surface area contributed by atoms with E-state index in [9.17, 15) is 9.00 Å². The molecular formula is C29H34N4O5S2. The van der Waals surface area contributed by atoms with Crippen LogP contribution in [0.15, 0.2) is 78.0 Å². The summed E-state index contributed by atoms with van der Waals surface area (Å²) in [5.41, 5.74) is 2.71. The molecule has 212 valence electrons. The number of anilines is 1. The second-order valence-corrected chi connectivity index (χ2v) is 12.5.